The number of alkyl halides is 1. The van der Waals surface area contributed by atoms with Gasteiger partial charge in [0, 0.05) is 47.1 Å². The normalized spacial score (nSPS) is 16.2. The van der Waals surface area contributed by atoms with Crippen molar-refractivity contribution >= 4 is 138 Å². The van der Waals surface area contributed by atoms with Crippen molar-refractivity contribution in [1.29, 1.82) is 0 Å². The summed E-state index contributed by atoms with van der Waals surface area (Å²) in [6, 6.07) is 89.7. The van der Waals surface area contributed by atoms with Gasteiger partial charge in [-0.3, -0.25) is 4.21 Å². The number of halogens is 1. The zero-order valence-electron chi connectivity index (χ0n) is 62.0. The highest BCUT2D eigenvalue weighted by Gasteiger charge is 2.54. The van der Waals surface area contributed by atoms with Crippen LogP contribution in [0.1, 0.15) is 111 Å². The lowest BCUT2D eigenvalue weighted by Crippen LogP contribution is -2.41. The number of thioether (sulfide) groups is 3. The maximum Gasteiger partial charge on any atom is 0.494 e. The molecule has 3 fully saturated rings. The highest BCUT2D eigenvalue weighted by atomic mass is 79.9. The van der Waals surface area contributed by atoms with E-state index >= 15 is 0 Å². The minimum atomic E-state index is -1.46. The number of rotatable bonds is 18. The Kier molecular flexibility index (Phi) is 32.3. The van der Waals surface area contributed by atoms with Gasteiger partial charge in [0.05, 0.1) is 50.2 Å². The van der Waals surface area contributed by atoms with Gasteiger partial charge in [-0.05, 0) is 199 Å². The predicted molar refractivity (Wildman–Crippen MR) is 450 cm³/mol. The zero-order valence-corrected chi connectivity index (χ0v) is 67.8. The van der Waals surface area contributed by atoms with Gasteiger partial charge in [0.2, 0.25) is 0 Å². The first kappa shape index (κ1) is 84.8. The van der Waals surface area contributed by atoms with Gasteiger partial charge in [0.25, 0.3) is 0 Å². The molecule has 0 spiro atoms. The fourth-order valence-corrected chi connectivity index (χ4v) is 14.4. The summed E-state index contributed by atoms with van der Waals surface area (Å²) in [5, 5.41) is 36.8. The summed E-state index contributed by atoms with van der Waals surface area (Å²) < 4.78 is 48.4. The molecule has 546 valence electrons. The molecular weight excluding hydrogens is 1470 g/mol. The van der Waals surface area contributed by atoms with E-state index in [1.807, 2.05) is 127 Å². The molecule has 3 saturated heterocycles. The van der Waals surface area contributed by atoms with Crippen molar-refractivity contribution in [3.63, 3.8) is 0 Å². The molecule has 10 aromatic carbocycles. The van der Waals surface area contributed by atoms with E-state index in [4.69, 9.17) is 48.0 Å². The van der Waals surface area contributed by atoms with Crippen LogP contribution in [-0.2, 0) is 67.1 Å². The van der Waals surface area contributed by atoms with Gasteiger partial charge in [0.1, 0.15) is 0 Å². The van der Waals surface area contributed by atoms with Crippen LogP contribution in [0.25, 0.3) is 0 Å². The molecule has 4 N–H and O–H groups in total. The van der Waals surface area contributed by atoms with Crippen molar-refractivity contribution in [1.82, 2.24) is 0 Å². The third-order valence-corrected chi connectivity index (χ3v) is 24.3. The standard InChI is InChI=1S/2C19H23BO2S.C13H18BBrO2.C13H13BO3S.C13H13BO2S.C6H6S/c2*1-18(2)19(3,4)22-20(21-18)16-12-10-15(11-13-16)14-23-17-8-6-5-7-9-17;1-12(2)13(3,4)17-14(16-12)11-7-5-10(9-15)6-8-11;15-14(16)12-8-6-11(7-9-12)10-18(17)13-4-2-1-3-5-13;15-14(16)12-8-6-11(7-9-12)10-17-13-4-2-1-3-5-13;7-6-4-2-1-3-5-6/h2*5-13H,14H2,1-4H3;5-8H,9H2,1-4H3;1-9,15-16H,10H2;1-9,15-16H,10H2;1-5,7H. The van der Waals surface area contributed by atoms with Crippen LogP contribution >= 0.6 is 63.8 Å². The second-order valence-corrected chi connectivity index (χ2v) is 34.0. The molecule has 0 aromatic heterocycles. The Bertz CT molecular complexity index is 4030. The molecular formula is C83H96B5BrO11S5. The van der Waals surface area contributed by atoms with Crippen molar-refractivity contribution in [2.24, 2.45) is 0 Å². The molecule has 0 saturated carbocycles. The smallest absolute Gasteiger partial charge is 0.423 e. The van der Waals surface area contributed by atoms with Crippen molar-refractivity contribution < 1.29 is 52.2 Å². The SMILES string of the molecule is CC1(C)OB(c2ccc(CBr)cc2)OC1(C)C.CC1(C)OB(c2ccc(CSc3ccccc3)cc2)OC1(C)C.CC1(C)OB(c2ccc(CSc3ccccc3)cc2)OC1(C)C.O=S(Cc1ccc(B(O)O)cc1)c1ccccc1.OB(O)c1ccc(CSc2ccccc2)cc1.Sc1ccccc1. The fraction of sp³-hybridized carbons (Fsp3) is 0.277. The van der Waals surface area contributed by atoms with Gasteiger partial charge in [-0.1, -0.05) is 228 Å². The van der Waals surface area contributed by atoms with Gasteiger partial charge in [-0.2, -0.15) is 0 Å². The predicted octanol–water partition coefficient (Wildman–Crippen LogP) is 15.7. The van der Waals surface area contributed by atoms with Gasteiger partial charge >= 0.3 is 35.6 Å². The molecule has 1 atom stereocenters. The maximum absolute atomic E-state index is 12.0. The second kappa shape index (κ2) is 40.0. The molecule has 3 heterocycles. The first-order valence-electron chi connectivity index (χ1n) is 34.9. The maximum atomic E-state index is 12.0. The average molecular weight is 1560 g/mol. The first-order chi connectivity index (χ1) is 49.9. The molecule has 0 amide bonds. The molecule has 3 aliphatic heterocycles. The first-order valence-corrected chi connectivity index (χ1v) is 40.8. The van der Waals surface area contributed by atoms with E-state index in [-0.39, 0.29) is 55.0 Å². The van der Waals surface area contributed by atoms with Crippen molar-refractivity contribution in [2.45, 2.75) is 170 Å². The van der Waals surface area contributed by atoms with Crippen LogP contribution in [0.5, 0.6) is 0 Å². The monoisotopic (exact) mass is 1560 g/mol. The Labute approximate surface area is 654 Å². The van der Waals surface area contributed by atoms with Crippen LogP contribution in [0.15, 0.2) is 297 Å². The van der Waals surface area contributed by atoms with Crippen molar-refractivity contribution in [3.05, 3.63) is 301 Å². The Hall–Kier alpha value is -5.85. The van der Waals surface area contributed by atoms with Crippen LogP contribution in [0.2, 0.25) is 0 Å². The van der Waals surface area contributed by atoms with E-state index in [0.29, 0.717) is 16.7 Å². The lowest BCUT2D eigenvalue weighted by atomic mass is 9.79. The van der Waals surface area contributed by atoms with Gasteiger partial charge in [-0.15, -0.1) is 47.9 Å². The number of benzene rings is 10. The number of hydrogen-bond donors (Lipinski definition) is 5. The van der Waals surface area contributed by atoms with Crippen LogP contribution < -0.4 is 27.3 Å². The minimum absolute atomic E-state index is 0.260. The average Bonchev–Trinajstić information content (AvgIpc) is 1.64. The Morgan fingerprint density at radius 2 is 0.581 bits per heavy atom. The fourth-order valence-electron chi connectivity index (χ4n) is 10.1. The second-order valence-electron chi connectivity index (χ2n) is 28.3. The topological polar surface area (TPSA) is 153 Å². The Morgan fingerprint density at radius 1 is 0.343 bits per heavy atom. The molecule has 22 heteroatoms. The van der Waals surface area contributed by atoms with E-state index in [1.54, 1.807) is 48.2 Å². The summed E-state index contributed by atoms with van der Waals surface area (Å²) in [5.41, 5.74) is 8.42. The van der Waals surface area contributed by atoms with E-state index in [0.717, 1.165) is 54.3 Å². The Balaban J connectivity index is 0.000000163. The zero-order chi connectivity index (χ0) is 75.8. The summed E-state index contributed by atoms with van der Waals surface area (Å²) in [6.07, 6.45) is 0. The largest absolute Gasteiger partial charge is 0.494 e. The molecule has 0 bridgehead atoms. The molecule has 11 nitrogen and oxygen atoms in total. The molecule has 105 heavy (non-hydrogen) atoms. The van der Waals surface area contributed by atoms with Crippen molar-refractivity contribution in [2.75, 3.05) is 0 Å². The molecule has 0 aliphatic carbocycles. The summed E-state index contributed by atoms with van der Waals surface area (Å²) in [7, 11) is -4.74. The third-order valence-electron chi connectivity index (χ3n) is 18.7. The quantitative estimate of drug-likeness (QED) is 0.0240. The third kappa shape index (κ3) is 26.2. The van der Waals surface area contributed by atoms with E-state index in [2.05, 4.69) is 245 Å². The summed E-state index contributed by atoms with van der Waals surface area (Å²) in [6.45, 7) is 24.9. The molecule has 13 rings (SSSR count). The number of thiol groups is 1. The van der Waals surface area contributed by atoms with Crippen LogP contribution in [0, 0.1) is 0 Å². The van der Waals surface area contributed by atoms with Gasteiger partial charge < -0.3 is 48.0 Å². The Morgan fingerprint density at radius 3 is 0.829 bits per heavy atom. The van der Waals surface area contributed by atoms with E-state index < -0.39 is 25.0 Å². The number of hydrogen-bond acceptors (Lipinski definition) is 15. The minimum Gasteiger partial charge on any atom is -0.423 e. The summed E-state index contributed by atoms with van der Waals surface area (Å²) in [4.78, 5) is 5.63. The lowest BCUT2D eigenvalue weighted by molar-refractivity contribution is 0.00578. The summed E-state index contributed by atoms with van der Waals surface area (Å²) >= 11 is 13.0. The van der Waals surface area contributed by atoms with E-state index in [1.165, 1.54) is 36.9 Å². The highest BCUT2D eigenvalue weighted by molar-refractivity contribution is 9.08. The van der Waals surface area contributed by atoms with E-state index in [9.17, 15) is 4.21 Å². The lowest BCUT2D eigenvalue weighted by Gasteiger charge is -2.32. The molecule has 10 aromatic rings. The molecule has 1 unspecified atom stereocenters. The van der Waals surface area contributed by atoms with Crippen molar-refractivity contribution in [3.8, 4) is 0 Å². The highest BCUT2D eigenvalue weighted by Crippen LogP contribution is 2.39. The molecule has 0 radical (unpaired) electrons. The van der Waals surface area contributed by atoms with Gasteiger partial charge in [0.15, 0.2) is 0 Å². The van der Waals surface area contributed by atoms with Crippen LogP contribution in [0.3, 0.4) is 0 Å². The summed E-state index contributed by atoms with van der Waals surface area (Å²) in [5.74, 6) is 3.24. The van der Waals surface area contributed by atoms with Gasteiger partial charge in [-0.25, -0.2) is 0 Å². The van der Waals surface area contributed by atoms with Crippen LogP contribution in [0.4, 0.5) is 0 Å². The van der Waals surface area contributed by atoms with Crippen LogP contribution in [-0.4, -0.2) is 93.5 Å². The molecule has 3 aliphatic rings.